The Morgan fingerprint density at radius 1 is 0.760 bits per heavy atom. The van der Waals surface area contributed by atoms with Crippen molar-refractivity contribution in [3.05, 3.63) is 48.0 Å². The molecule has 0 aromatic heterocycles. The molecule has 0 unspecified atom stereocenters. The largest absolute Gasteiger partial charge is 0.491 e. The van der Waals surface area contributed by atoms with E-state index < -0.39 is 0 Å². The summed E-state index contributed by atoms with van der Waals surface area (Å²) in [5.74, 6) is 1.29. The van der Waals surface area contributed by atoms with Crippen LogP contribution in [0.15, 0.2) is 42.5 Å². The molecule has 0 aliphatic heterocycles. The SMILES string of the molecule is CCCCCc1ccc(-c2cc(OCCO)cc(OCCO)c2)cc1. The third kappa shape index (κ3) is 6.40. The zero-order chi connectivity index (χ0) is 17.9. The van der Waals surface area contributed by atoms with Crippen molar-refractivity contribution in [3.8, 4) is 22.6 Å². The normalized spacial score (nSPS) is 10.7. The summed E-state index contributed by atoms with van der Waals surface area (Å²) in [6.07, 6.45) is 4.82. The highest BCUT2D eigenvalue weighted by atomic mass is 16.5. The lowest BCUT2D eigenvalue weighted by atomic mass is 10.0. The Morgan fingerprint density at radius 2 is 1.36 bits per heavy atom. The average Bonchev–Trinajstić information content (AvgIpc) is 2.65. The van der Waals surface area contributed by atoms with Gasteiger partial charge in [0.25, 0.3) is 0 Å². The number of hydrogen-bond acceptors (Lipinski definition) is 4. The van der Waals surface area contributed by atoms with Crippen LogP contribution in [0.1, 0.15) is 31.7 Å². The molecule has 4 heteroatoms. The van der Waals surface area contributed by atoms with Gasteiger partial charge in [0.2, 0.25) is 0 Å². The van der Waals surface area contributed by atoms with Crippen LogP contribution in [0.3, 0.4) is 0 Å². The predicted molar refractivity (Wildman–Crippen MR) is 100 cm³/mol. The predicted octanol–water partition coefficient (Wildman–Crippen LogP) is 3.83. The summed E-state index contributed by atoms with van der Waals surface area (Å²) in [6.45, 7) is 2.61. The van der Waals surface area contributed by atoms with E-state index in [2.05, 4.69) is 31.2 Å². The van der Waals surface area contributed by atoms with Gasteiger partial charge in [-0.15, -0.1) is 0 Å². The molecule has 0 fully saturated rings. The molecular weight excluding hydrogens is 316 g/mol. The minimum atomic E-state index is -0.0382. The summed E-state index contributed by atoms with van der Waals surface area (Å²) in [5, 5.41) is 17.9. The van der Waals surface area contributed by atoms with Crippen molar-refractivity contribution >= 4 is 0 Å². The first-order valence-corrected chi connectivity index (χ1v) is 8.98. The standard InChI is InChI=1S/C21H28O4/c1-2-3-4-5-17-6-8-18(9-7-17)19-14-20(24-12-10-22)16-21(15-19)25-13-11-23/h6-9,14-16,22-23H,2-5,10-13H2,1H3. The number of hydrogen-bond donors (Lipinski definition) is 2. The molecule has 0 spiro atoms. The minimum Gasteiger partial charge on any atom is -0.491 e. The zero-order valence-corrected chi connectivity index (χ0v) is 14.9. The van der Waals surface area contributed by atoms with Crippen LogP contribution in [-0.2, 0) is 6.42 Å². The number of aryl methyl sites for hydroxylation is 1. The first-order valence-electron chi connectivity index (χ1n) is 8.98. The van der Waals surface area contributed by atoms with Crippen LogP contribution < -0.4 is 9.47 Å². The van der Waals surface area contributed by atoms with Gasteiger partial charge in [0.15, 0.2) is 0 Å². The van der Waals surface area contributed by atoms with Crippen molar-refractivity contribution < 1.29 is 19.7 Å². The molecule has 0 bridgehead atoms. The summed E-state index contributed by atoms with van der Waals surface area (Å²) < 4.78 is 11.1. The van der Waals surface area contributed by atoms with E-state index in [0.717, 1.165) is 17.5 Å². The highest BCUT2D eigenvalue weighted by Gasteiger charge is 2.06. The Balaban J connectivity index is 2.17. The molecule has 2 aromatic rings. The third-order valence-corrected chi connectivity index (χ3v) is 3.96. The Labute approximate surface area is 150 Å². The monoisotopic (exact) mass is 344 g/mol. The second-order valence-corrected chi connectivity index (χ2v) is 5.99. The molecule has 0 amide bonds. The molecule has 0 saturated carbocycles. The second-order valence-electron chi connectivity index (χ2n) is 5.99. The molecule has 2 N–H and O–H groups in total. The van der Waals surface area contributed by atoms with E-state index in [-0.39, 0.29) is 26.4 Å². The molecule has 0 atom stereocenters. The Hall–Kier alpha value is -2.04. The molecular formula is C21H28O4. The number of benzene rings is 2. The molecule has 2 rings (SSSR count). The van der Waals surface area contributed by atoms with Crippen molar-refractivity contribution in [2.75, 3.05) is 26.4 Å². The Bertz CT molecular complexity index is 596. The summed E-state index contributed by atoms with van der Waals surface area (Å²) in [4.78, 5) is 0. The minimum absolute atomic E-state index is 0.0382. The fourth-order valence-corrected chi connectivity index (χ4v) is 2.68. The quantitative estimate of drug-likeness (QED) is 0.608. The fourth-order valence-electron chi connectivity index (χ4n) is 2.68. The van der Waals surface area contributed by atoms with Gasteiger partial charge in [-0.2, -0.15) is 0 Å². The summed E-state index contributed by atoms with van der Waals surface area (Å²) >= 11 is 0. The number of aliphatic hydroxyl groups is 2. The third-order valence-electron chi connectivity index (χ3n) is 3.96. The second kappa shape index (κ2) is 10.7. The average molecular weight is 344 g/mol. The molecule has 25 heavy (non-hydrogen) atoms. The number of aliphatic hydroxyl groups excluding tert-OH is 2. The van der Waals surface area contributed by atoms with E-state index in [1.807, 2.05) is 12.1 Å². The number of ether oxygens (including phenoxy) is 2. The van der Waals surface area contributed by atoms with E-state index in [0.29, 0.717) is 11.5 Å². The summed E-state index contributed by atoms with van der Waals surface area (Å²) in [7, 11) is 0. The van der Waals surface area contributed by atoms with Crippen LogP contribution in [0.25, 0.3) is 11.1 Å². The van der Waals surface area contributed by atoms with Crippen LogP contribution >= 0.6 is 0 Å². The van der Waals surface area contributed by atoms with Gasteiger partial charge in [0.05, 0.1) is 13.2 Å². The lowest BCUT2D eigenvalue weighted by Gasteiger charge is -2.12. The van der Waals surface area contributed by atoms with Gasteiger partial charge in [0, 0.05) is 6.07 Å². The van der Waals surface area contributed by atoms with E-state index >= 15 is 0 Å². The summed E-state index contributed by atoms with van der Waals surface area (Å²) in [5.41, 5.74) is 3.42. The first kappa shape index (κ1) is 19.3. The van der Waals surface area contributed by atoms with E-state index in [1.54, 1.807) is 6.07 Å². The Morgan fingerprint density at radius 3 is 1.88 bits per heavy atom. The van der Waals surface area contributed by atoms with Crippen molar-refractivity contribution in [3.63, 3.8) is 0 Å². The van der Waals surface area contributed by atoms with E-state index in [9.17, 15) is 0 Å². The van der Waals surface area contributed by atoms with E-state index in [1.165, 1.54) is 24.8 Å². The summed E-state index contributed by atoms with van der Waals surface area (Å²) in [6, 6.07) is 14.2. The van der Waals surface area contributed by atoms with Gasteiger partial charge in [-0.25, -0.2) is 0 Å². The molecule has 0 saturated heterocycles. The topological polar surface area (TPSA) is 58.9 Å². The van der Waals surface area contributed by atoms with Gasteiger partial charge in [-0.05, 0) is 41.7 Å². The smallest absolute Gasteiger partial charge is 0.123 e. The number of rotatable bonds is 11. The van der Waals surface area contributed by atoms with Crippen LogP contribution in [0.4, 0.5) is 0 Å². The van der Waals surface area contributed by atoms with Crippen molar-refractivity contribution in [2.45, 2.75) is 32.6 Å². The van der Waals surface area contributed by atoms with Crippen molar-refractivity contribution in [1.29, 1.82) is 0 Å². The van der Waals surface area contributed by atoms with Gasteiger partial charge >= 0.3 is 0 Å². The van der Waals surface area contributed by atoms with Crippen molar-refractivity contribution in [1.82, 2.24) is 0 Å². The van der Waals surface area contributed by atoms with Gasteiger partial charge < -0.3 is 19.7 Å². The molecule has 0 aliphatic rings. The molecule has 2 aromatic carbocycles. The lowest BCUT2D eigenvalue weighted by molar-refractivity contribution is 0.195. The first-order chi connectivity index (χ1) is 12.3. The van der Waals surface area contributed by atoms with Crippen LogP contribution in [0, 0.1) is 0 Å². The molecule has 0 heterocycles. The fraction of sp³-hybridized carbons (Fsp3) is 0.429. The highest BCUT2D eigenvalue weighted by molar-refractivity contribution is 5.67. The molecule has 0 radical (unpaired) electrons. The lowest BCUT2D eigenvalue weighted by Crippen LogP contribution is -2.04. The molecule has 136 valence electrons. The maximum atomic E-state index is 8.95. The van der Waals surface area contributed by atoms with Crippen LogP contribution in [0.5, 0.6) is 11.5 Å². The zero-order valence-electron chi connectivity index (χ0n) is 14.9. The molecule has 4 nitrogen and oxygen atoms in total. The van der Waals surface area contributed by atoms with Gasteiger partial charge in [-0.3, -0.25) is 0 Å². The van der Waals surface area contributed by atoms with Gasteiger partial charge in [0.1, 0.15) is 24.7 Å². The Kier molecular flexibility index (Phi) is 8.29. The van der Waals surface area contributed by atoms with E-state index in [4.69, 9.17) is 19.7 Å². The van der Waals surface area contributed by atoms with Crippen molar-refractivity contribution in [2.24, 2.45) is 0 Å². The maximum absolute atomic E-state index is 8.95. The van der Waals surface area contributed by atoms with Crippen LogP contribution in [0.2, 0.25) is 0 Å². The number of unbranched alkanes of at least 4 members (excludes halogenated alkanes) is 2. The maximum Gasteiger partial charge on any atom is 0.123 e. The van der Waals surface area contributed by atoms with Crippen LogP contribution in [-0.4, -0.2) is 36.6 Å². The highest BCUT2D eigenvalue weighted by Crippen LogP contribution is 2.30. The van der Waals surface area contributed by atoms with Gasteiger partial charge in [-0.1, -0.05) is 44.0 Å². The molecule has 0 aliphatic carbocycles.